The molecule has 7 heteroatoms. The quantitative estimate of drug-likeness (QED) is 0.533. The summed E-state index contributed by atoms with van der Waals surface area (Å²) in [5.41, 5.74) is 0.712. The Hall–Kier alpha value is -1.92. The van der Waals surface area contributed by atoms with Crippen LogP contribution in [0.4, 0.5) is 0 Å². The predicted molar refractivity (Wildman–Crippen MR) is 80.8 cm³/mol. The molecular weight excluding hydrogens is 292 g/mol. The largest absolute Gasteiger partial charge is 0.385 e. The average Bonchev–Trinajstić information content (AvgIpc) is 2.94. The van der Waals surface area contributed by atoms with Crippen molar-refractivity contribution >= 4 is 28.3 Å². The molecule has 3 aromatic rings. The van der Waals surface area contributed by atoms with Gasteiger partial charge in [0.1, 0.15) is 0 Å². The first-order valence-electron chi connectivity index (χ1n) is 6.68. The van der Waals surface area contributed by atoms with Gasteiger partial charge in [-0.15, -0.1) is 21.8 Å². The van der Waals surface area contributed by atoms with E-state index in [2.05, 4.69) is 10.2 Å². The van der Waals surface area contributed by atoms with Crippen LogP contribution >= 0.6 is 11.6 Å². The number of hydrogen-bond donors (Lipinski definition) is 0. The molecule has 0 aliphatic rings. The minimum absolute atomic E-state index is 0.0669. The molecule has 110 valence electrons. The summed E-state index contributed by atoms with van der Waals surface area (Å²) in [6.07, 6.45) is 0.730. The highest BCUT2D eigenvalue weighted by Gasteiger charge is 2.15. The number of aryl methyl sites for hydroxylation is 1. The van der Waals surface area contributed by atoms with Crippen LogP contribution in [-0.4, -0.2) is 32.9 Å². The number of methoxy groups -OCH3 is 1. The molecule has 0 N–H and O–H groups in total. The summed E-state index contributed by atoms with van der Waals surface area (Å²) in [7, 11) is 1.64. The lowest BCUT2D eigenvalue weighted by molar-refractivity contribution is 0.190. The summed E-state index contributed by atoms with van der Waals surface area (Å²) in [5, 5.41) is 8.85. The van der Waals surface area contributed by atoms with E-state index in [1.807, 2.05) is 28.7 Å². The maximum atomic E-state index is 12.6. The van der Waals surface area contributed by atoms with Gasteiger partial charge in [-0.25, -0.2) is 0 Å². The van der Waals surface area contributed by atoms with Gasteiger partial charge in [-0.1, -0.05) is 12.1 Å². The van der Waals surface area contributed by atoms with Gasteiger partial charge in [0.2, 0.25) is 5.78 Å². The van der Waals surface area contributed by atoms with E-state index in [-0.39, 0.29) is 11.4 Å². The summed E-state index contributed by atoms with van der Waals surface area (Å²) in [6, 6.07) is 7.42. The van der Waals surface area contributed by atoms with Crippen LogP contribution in [0.5, 0.6) is 0 Å². The van der Waals surface area contributed by atoms with Gasteiger partial charge < -0.3 is 4.74 Å². The van der Waals surface area contributed by atoms with Gasteiger partial charge in [0, 0.05) is 20.3 Å². The van der Waals surface area contributed by atoms with Gasteiger partial charge in [-0.05, 0) is 18.6 Å². The Morgan fingerprint density at radius 3 is 2.86 bits per heavy atom. The van der Waals surface area contributed by atoms with E-state index in [0.29, 0.717) is 30.1 Å². The number of benzene rings is 1. The first kappa shape index (κ1) is 14.0. The zero-order valence-corrected chi connectivity index (χ0v) is 12.4. The second-order valence-electron chi connectivity index (χ2n) is 4.71. The summed E-state index contributed by atoms with van der Waals surface area (Å²) in [5.74, 6) is 1.38. The van der Waals surface area contributed by atoms with Crippen molar-refractivity contribution < 1.29 is 4.74 Å². The van der Waals surface area contributed by atoms with E-state index < -0.39 is 0 Å². The Morgan fingerprint density at radius 1 is 1.29 bits per heavy atom. The SMILES string of the molecule is COCCCn1c(=O)c2ccccc2n2c(CCl)nnc12. The van der Waals surface area contributed by atoms with E-state index in [9.17, 15) is 4.79 Å². The normalized spacial score (nSPS) is 11.5. The smallest absolute Gasteiger partial charge is 0.262 e. The van der Waals surface area contributed by atoms with Crippen molar-refractivity contribution in [2.24, 2.45) is 0 Å². The number of halogens is 1. The van der Waals surface area contributed by atoms with E-state index in [1.54, 1.807) is 11.7 Å². The number of fused-ring (bicyclic) bond motifs is 3. The lowest BCUT2D eigenvalue weighted by Gasteiger charge is -2.10. The van der Waals surface area contributed by atoms with Crippen molar-refractivity contribution in [2.75, 3.05) is 13.7 Å². The number of nitrogens with zero attached hydrogens (tertiary/aromatic N) is 4. The standard InChI is InChI=1S/C14H15ClN4O2/c1-21-8-4-7-18-13(20)10-5-2-3-6-11(10)19-12(9-15)16-17-14(18)19/h2-3,5-6H,4,7-9H2,1H3. The van der Waals surface area contributed by atoms with Crippen molar-refractivity contribution in [3.05, 3.63) is 40.4 Å². The summed E-state index contributed by atoms with van der Waals surface area (Å²) in [6.45, 7) is 1.11. The number of para-hydroxylation sites is 1. The summed E-state index contributed by atoms with van der Waals surface area (Å²) >= 11 is 5.94. The van der Waals surface area contributed by atoms with E-state index in [1.165, 1.54) is 0 Å². The first-order chi connectivity index (χ1) is 10.3. The van der Waals surface area contributed by atoms with Crippen molar-refractivity contribution in [1.29, 1.82) is 0 Å². The van der Waals surface area contributed by atoms with Gasteiger partial charge in [0.15, 0.2) is 5.82 Å². The molecule has 3 rings (SSSR count). The van der Waals surface area contributed by atoms with Crippen molar-refractivity contribution in [2.45, 2.75) is 18.8 Å². The van der Waals surface area contributed by atoms with Crippen LogP contribution < -0.4 is 5.56 Å². The molecule has 0 aliphatic carbocycles. The fourth-order valence-corrected chi connectivity index (χ4v) is 2.64. The van der Waals surface area contributed by atoms with Crippen LogP contribution in [0.1, 0.15) is 12.2 Å². The molecule has 0 bridgehead atoms. The zero-order chi connectivity index (χ0) is 14.8. The lowest BCUT2D eigenvalue weighted by Crippen LogP contribution is -2.24. The Morgan fingerprint density at radius 2 is 2.10 bits per heavy atom. The molecule has 2 heterocycles. The third kappa shape index (κ3) is 2.30. The number of rotatable bonds is 5. The van der Waals surface area contributed by atoms with Crippen LogP contribution in [0.25, 0.3) is 16.7 Å². The highest BCUT2D eigenvalue weighted by Crippen LogP contribution is 2.15. The molecule has 0 amide bonds. The molecule has 21 heavy (non-hydrogen) atoms. The average molecular weight is 307 g/mol. The fraction of sp³-hybridized carbons (Fsp3) is 0.357. The Bertz CT molecular complexity index is 840. The first-order valence-corrected chi connectivity index (χ1v) is 7.22. The van der Waals surface area contributed by atoms with Crippen LogP contribution in [0.3, 0.4) is 0 Å². The van der Waals surface area contributed by atoms with Gasteiger partial charge >= 0.3 is 0 Å². The minimum Gasteiger partial charge on any atom is -0.385 e. The van der Waals surface area contributed by atoms with E-state index in [0.717, 1.165) is 11.9 Å². The molecule has 0 aliphatic heterocycles. The maximum absolute atomic E-state index is 12.6. The molecule has 1 aromatic carbocycles. The Labute approximate surface area is 125 Å². The molecule has 0 fully saturated rings. The second-order valence-corrected chi connectivity index (χ2v) is 4.97. The molecule has 0 spiro atoms. The second kappa shape index (κ2) is 5.83. The third-order valence-corrected chi connectivity index (χ3v) is 3.66. The fourth-order valence-electron chi connectivity index (χ4n) is 2.47. The van der Waals surface area contributed by atoms with Crippen LogP contribution in [0.2, 0.25) is 0 Å². The van der Waals surface area contributed by atoms with Gasteiger partial charge in [0.05, 0.1) is 16.8 Å². The Balaban J connectivity index is 2.31. The summed E-state index contributed by atoms with van der Waals surface area (Å²) in [4.78, 5) is 12.6. The van der Waals surface area contributed by atoms with Crippen molar-refractivity contribution in [3.8, 4) is 0 Å². The number of ether oxygens (including phenoxy) is 1. The number of hydrogen-bond acceptors (Lipinski definition) is 4. The topological polar surface area (TPSA) is 61.4 Å². The zero-order valence-electron chi connectivity index (χ0n) is 11.6. The van der Waals surface area contributed by atoms with Crippen molar-refractivity contribution in [1.82, 2.24) is 19.2 Å². The molecule has 0 atom stereocenters. The van der Waals surface area contributed by atoms with Crippen LogP contribution in [0.15, 0.2) is 29.1 Å². The third-order valence-electron chi connectivity index (χ3n) is 3.42. The molecule has 6 nitrogen and oxygen atoms in total. The molecular formula is C14H15ClN4O2. The molecule has 2 aromatic heterocycles. The molecule has 0 radical (unpaired) electrons. The maximum Gasteiger partial charge on any atom is 0.262 e. The van der Waals surface area contributed by atoms with E-state index in [4.69, 9.17) is 16.3 Å². The van der Waals surface area contributed by atoms with Crippen LogP contribution in [0, 0.1) is 0 Å². The lowest BCUT2D eigenvalue weighted by atomic mass is 10.2. The highest BCUT2D eigenvalue weighted by molar-refractivity contribution is 6.16. The van der Waals surface area contributed by atoms with Crippen molar-refractivity contribution in [3.63, 3.8) is 0 Å². The number of aromatic nitrogens is 4. The van der Waals surface area contributed by atoms with Gasteiger partial charge in [0.25, 0.3) is 5.56 Å². The number of alkyl halides is 1. The predicted octanol–water partition coefficient (Wildman–Crippen LogP) is 1.82. The van der Waals surface area contributed by atoms with Gasteiger partial charge in [-0.3, -0.25) is 13.8 Å². The minimum atomic E-state index is -0.0669. The molecule has 0 unspecified atom stereocenters. The van der Waals surface area contributed by atoms with E-state index >= 15 is 0 Å². The molecule has 0 saturated carbocycles. The Kier molecular flexibility index (Phi) is 3.90. The highest BCUT2D eigenvalue weighted by atomic mass is 35.5. The monoisotopic (exact) mass is 306 g/mol. The molecule has 0 saturated heterocycles. The summed E-state index contributed by atoms with van der Waals surface area (Å²) < 4.78 is 8.52. The van der Waals surface area contributed by atoms with Gasteiger partial charge in [-0.2, -0.15) is 0 Å². The van der Waals surface area contributed by atoms with Crippen LogP contribution in [-0.2, 0) is 17.2 Å².